The number of carbonyl (C=O) groups excluding carboxylic acids is 2. The number of hydrogen-bond acceptors (Lipinski definition) is 6. The Hall–Kier alpha value is -3.50. The second-order valence-electron chi connectivity index (χ2n) is 7.61. The highest BCUT2D eigenvalue weighted by molar-refractivity contribution is 5.97. The quantitative estimate of drug-likeness (QED) is 0.203. The lowest BCUT2D eigenvalue weighted by molar-refractivity contribution is -0.139. The van der Waals surface area contributed by atoms with Crippen molar-refractivity contribution in [3.63, 3.8) is 0 Å². The molecule has 0 aromatic heterocycles. The van der Waals surface area contributed by atoms with Gasteiger partial charge in [-0.25, -0.2) is 9.59 Å². The Kier molecular flexibility index (Phi) is 8.47. The van der Waals surface area contributed by atoms with Crippen LogP contribution in [0.5, 0.6) is 5.75 Å². The number of carbonyl (C=O) groups is 3. The molecular weight excluding hydrogens is 406 g/mol. The first-order valence-corrected chi connectivity index (χ1v) is 9.97. The van der Waals surface area contributed by atoms with Crippen molar-refractivity contribution >= 4 is 29.6 Å². The molecule has 2 amide bonds. The fraction of sp³-hybridized carbons (Fsp3) is 0.500. The molecule has 1 aromatic carbocycles. The van der Waals surface area contributed by atoms with E-state index in [1.165, 1.54) is 0 Å². The van der Waals surface area contributed by atoms with Crippen LogP contribution in [-0.4, -0.2) is 54.3 Å². The topological polar surface area (TPSA) is 178 Å². The molecule has 0 unspecified atom stereocenters. The Morgan fingerprint density at radius 3 is 2.74 bits per heavy atom. The zero-order chi connectivity index (χ0) is 23.0. The van der Waals surface area contributed by atoms with Crippen LogP contribution < -0.4 is 26.8 Å². The van der Waals surface area contributed by atoms with Crippen molar-refractivity contribution in [2.24, 2.45) is 22.4 Å². The van der Waals surface area contributed by atoms with Crippen molar-refractivity contribution in [1.82, 2.24) is 5.32 Å². The predicted octanol–water partition coefficient (Wildman–Crippen LogP) is 0.818. The van der Waals surface area contributed by atoms with Gasteiger partial charge < -0.3 is 36.7 Å². The van der Waals surface area contributed by atoms with Crippen LogP contribution >= 0.6 is 0 Å². The lowest BCUT2D eigenvalue weighted by Crippen LogP contribution is -2.43. The number of alkyl carbamates (subject to hydrolysis) is 1. The lowest BCUT2D eigenvalue weighted by atomic mass is 10.0. The standard InChI is InChI=1S/C20H29N5O6/c1-11(2)10-30-20(29)25-14(18(27)28)9-12-5-6-15-13(8-12)24-17(26)16(31-15)4-3-7-23-19(21)22/h5-6,8,11,14,16H,3-4,7,9-10H2,1-2H3,(H,24,26)(H,25,29)(H,27,28)(H4,21,22,23)/t14-,16+/m0/s1. The summed E-state index contributed by atoms with van der Waals surface area (Å²) in [4.78, 5) is 39.5. The second kappa shape index (κ2) is 11.0. The van der Waals surface area contributed by atoms with Crippen molar-refractivity contribution in [3.05, 3.63) is 23.8 Å². The molecule has 0 spiro atoms. The molecule has 0 saturated carbocycles. The molecule has 11 nitrogen and oxygen atoms in total. The van der Waals surface area contributed by atoms with Crippen LogP contribution in [0.25, 0.3) is 0 Å². The van der Waals surface area contributed by atoms with Gasteiger partial charge in [-0.15, -0.1) is 0 Å². The highest BCUT2D eigenvalue weighted by Gasteiger charge is 2.28. The Balaban J connectivity index is 1.98. The van der Waals surface area contributed by atoms with Crippen molar-refractivity contribution < 1.29 is 29.0 Å². The van der Waals surface area contributed by atoms with Gasteiger partial charge in [-0.2, -0.15) is 0 Å². The molecule has 1 aliphatic heterocycles. The van der Waals surface area contributed by atoms with Crippen molar-refractivity contribution in [1.29, 1.82) is 0 Å². The highest BCUT2D eigenvalue weighted by Crippen LogP contribution is 2.32. The number of nitrogens with one attached hydrogen (secondary N) is 2. The van der Waals surface area contributed by atoms with E-state index >= 15 is 0 Å². The molecule has 1 aromatic rings. The van der Waals surface area contributed by atoms with E-state index in [9.17, 15) is 19.5 Å². The number of aliphatic imine (C=N–C) groups is 1. The summed E-state index contributed by atoms with van der Waals surface area (Å²) in [6, 6.07) is 3.79. The molecule has 0 fully saturated rings. The molecule has 170 valence electrons. The number of fused-ring (bicyclic) bond motifs is 1. The maximum absolute atomic E-state index is 12.3. The van der Waals surface area contributed by atoms with Crippen molar-refractivity contribution in [2.45, 2.75) is 45.3 Å². The number of guanidine groups is 1. The maximum Gasteiger partial charge on any atom is 0.407 e. The number of nitrogens with two attached hydrogens (primary N) is 2. The summed E-state index contributed by atoms with van der Waals surface area (Å²) in [6.07, 6.45) is -0.441. The molecule has 31 heavy (non-hydrogen) atoms. The number of aliphatic carboxylic acids is 1. The smallest absolute Gasteiger partial charge is 0.407 e. The van der Waals surface area contributed by atoms with E-state index in [-0.39, 0.29) is 30.8 Å². The van der Waals surface area contributed by atoms with Crippen LogP contribution in [0.4, 0.5) is 10.5 Å². The van der Waals surface area contributed by atoms with Gasteiger partial charge in [0, 0.05) is 13.0 Å². The first-order valence-electron chi connectivity index (χ1n) is 9.97. The van der Waals surface area contributed by atoms with Gasteiger partial charge in [0.25, 0.3) is 5.91 Å². The molecule has 7 N–H and O–H groups in total. The van der Waals surface area contributed by atoms with E-state index in [0.29, 0.717) is 36.4 Å². The number of hydrogen-bond donors (Lipinski definition) is 5. The van der Waals surface area contributed by atoms with Crippen LogP contribution in [0.1, 0.15) is 32.3 Å². The lowest BCUT2D eigenvalue weighted by Gasteiger charge is -2.26. The molecule has 2 atom stereocenters. The van der Waals surface area contributed by atoms with Gasteiger partial charge in [0.2, 0.25) is 0 Å². The van der Waals surface area contributed by atoms with Crippen LogP contribution in [0.2, 0.25) is 0 Å². The minimum absolute atomic E-state index is 0.00534. The summed E-state index contributed by atoms with van der Waals surface area (Å²) in [7, 11) is 0. The van der Waals surface area contributed by atoms with E-state index in [2.05, 4.69) is 15.6 Å². The summed E-state index contributed by atoms with van der Waals surface area (Å²) in [5.41, 5.74) is 11.6. The molecule has 0 radical (unpaired) electrons. The van der Waals surface area contributed by atoms with E-state index in [1.807, 2.05) is 13.8 Å². The van der Waals surface area contributed by atoms with Gasteiger partial charge >= 0.3 is 12.1 Å². The summed E-state index contributed by atoms with van der Waals surface area (Å²) < 4.78 is 10.7. The molecule has 1 heterocycles. The summed E-state index contributed by atoms with van der Waals surface area (Å²) >= 11 is 0. The Morgan fingerprint density at radius 1 is 1.35 bits per heavy atom. The van der Waals surface area contributed by atoms with E-state index < -0.39 is 24.2 Å². The van der Waals surface area contributed by atoms with E-state index in [4.69, 9.17) is 20.9 Å². The summed E-state index contributed by atoms with van der Waals surface area (Å²) in [6.45, 7) is 4.33. The number of benzene rings is 1. The molecule has 0 bridgehead atoms. The van der Waals surface area contributed by atoms with Crippen LogP contribution in [-0.2, 0) is 20.7 Å². The zero-order valence-electron chi connectivity index (χ0n) is 17.6. The Bertz CT molecular complexity index is 837. The first-order chi connectivity index (χ1) is 14.7. The van der Waals surface area contributed by atoms with Crippen LogP contribution in [0, 0.1) is 5.92 Å². The number of carboxylic acid groups (broad SMARTS) is 1. The van der Waals surface area contributed by atoms with Crippen LogP contribution in [0.3, 0.4) is 0 Å². The number of ether oxygens (including phenoxy) is 2. The third kappa shape index (κ3) is 7.68. The van der Waals surface area contributed by atoms with Crippen molar-refractivity contribution in [3.8, 4) is 5.75 Å². The maximum atomic E-state index is 12.3. The predicted molar refractivity (Wildman–Crippen MR) is 114 cm³/mol. The number of nitrogens with zero attached hydrogens (tertiary/aromatic N) is 1. The Morgan fingerprint density at radius 2 is 2.10 bits per heavy atom. The average molecular weight is 435 g/mol. The van der Waals surface area contributed by atoms with Gasteiger partial charge in [0.1, 0.15) is 11.8 Å². The van der Waals surface area contributed by atoms with Gasteiger partial charge in [-0.3, -0.25) is 9.79 Å². The zero-order valence-corrected chi connectivity index (χ0v) is 17.6. The minimum Gasteiger partial charge on any atom is -0.480 e. The van der Waals surface area contributed by atoms with Gasteiger partial charge in [-0.05, 0) is 36.5 Å². The van der Waals surface area contributed by atoms with Gasteiger partial charge in [0.15, 0.2) is 12.1 Å². The largest absolute Gasteiger partial charge is 0.480 e. The first kappa shape index (κ1) is 23.8. The van der Waals surface area contributed by atoms with Crippen molar-refractivity contribution in [2.75, 3.05) is 18.5 Å². The normalized spacial score (nSPS) is 15.8. The van der Waals surface area contributed by atoms with Gasteiger partial charge in [0.05, 0.1) is 12.3 Å². The Labute approximate surface area is 180 Å². The molecule has 0 saturated heterocycles. The summed E-state index contributed by atoms with van der Waals surface area (Å²) in [5, 5.41) is 14.5. The summed E-state index contributed by atoms with van der Waals surface area (Å²) in [5.74, 6) is -0.894. The van der Waals surface area contributed by atoms with E-state index in [0.717, 1.165) is 0 Å². The average Bonchev–Trinajstić information content (AvgIpc) is 2.69. The second-order valence-corrected chi connectivity index (χ2v) is 7.61. The fourth-order valence-electron chi connectivity index (χ4n) is 2.86. The van der Waals surface area contributed by atoms with E-state index in [1.54, 1.807) is 18.2 Å². The number of carboxylic acids is 1. The number of rotatable bonds is 10. The monoisotopic (exact) mass is 435 g/mol. The third-order valence-electron chi connectivity index (χ3n) is 4.36. The SMILES string of the molecule is CC(C)COC(=O)N[C@@H](Cc1ccc2c(c1)NC(=O)[C@@H](CCCN=C(N)N)O2)C(=O)O. The molecule has 2 rings (SSSR count). The molecule has 0 aliphatic carbocycles. The number of amides is 2. The highest BCUT2D eigenvalue weighted by atomic mass is 16.5. The van der Waals surface area contributed by atoms with Crippen LogP contribution in [0.15, 0.2) is 23.2 Å². The molecular formula is C20H29N5O6. The number of anilines is 1. The minimum atomic E-state index is -1.19. The molecule has 11 heteroatoms. The third-order valence-corrected chi connectivity index (χ3v) is 4.36. The fourth-order valence-corrected chi connectivity index (χ4v) is 2.86. The van der Waals surface area contributed by atoms with Gasteiger partial charge in [-0.1, -0.05) is 19.9 Å². The molecule has 1 aliphatic rings.